The SMILES string of the molecule is CC/C=C\C/C=C\C/C=C\C/C=C\C/C=C\C/C=C\C/C=C\C/C=C\C/C=C\C/C=C\CCCCC(=O)OCC(COC(=O)CCCCCCC/C=C\CCCC)OC(=O)CCCC/C=C\C/C=C\C/C=C\C/C=C\CC. The van der Waals surface area contributed by atoms with E-state index in [0.717, 1.165) is 148 Å². The third-order valence-corrected chi connectivity index (χ3v) is 11.9. The first-order valence-corrected chi connectivity index (χ1v) is 30.3. The summed E-state index contributed by atoms with van der Waals surface area (Å²) in [6.45, 7) is 6.27. The van der Waals surface area contributed by atoms with Gasteiger partial charge in [0, 0.05) is 19.3 Å². The lowest BCUT2D eigenvalue weighted by Crippen LogP contribution is -2.30. The van der Waals surface area contributed by atoms with Crippen LogP contribution < -0.4 is 0 Å². The molecule has 0 saturated heterocycles. The maximum Gasteiger partial charge on any atom is 0.306 e. The minimum Gasteiger partial charge on any atom is -0.462 e. The normalized spacial score (nSPS) is 13.4. The molecule has 0 bridgehead atoms. The molecule has 1 unspecified atom stereocenters. The molecule has 0 aromatic heterocycles. The highest BCUT2D eigenvalue weighted by Crippen LogP contribution is 2.12. The molecule has 77 heavy (non-hydrogen) atoms. The van der Waals surface area contributed by atoms with E-state index in [2.05, 4.69) is 203 Å². The fourth-order valence-electron chi connectivity index (χ4n) is 7.38. The van der Waals surface area contributed by atoms with Gasteiger partial charge in [-0.2, -0.15) is 0 Å². The van der Waals surface area contributed by atoms with Crippen LogP contribution in [0.4, 0.5) is 0 Å². The molecule has 1 atom stereocenters. The molecular weight excluding hydrogens is 949 g/mol. The minimum absolute atomic E-state index is 0.122. The summed E-state index contributed by atoms with van der Waals surface area (Å²) in [5.74, 6) is -1.03. The minimum atomic E-state index is -0.831. The maximum atomic E-state index is 12.8. The van der Waals surface area contributed by atoms with Crippen molar-refractivity contribution in [2.45, 2.75) is 232 Å². The first kappa shape index (κ1) is 71.5. The molecule has 0 aliphatic carbocycles. The summed E-state index contributed by atoms with van der Waals surface area (Å²) in [5, 5.41) is 0. The van der Waals surface area contributed by atoms with Crippen LogP contribution in [0.25, 0.3) is 0 Å². The van der Waals surface area contributed by atoms with Gasteiger partial charge in [-0.3, -0.25) is 14.4 Å². The summed E-state index contributed by atoms with van der Waals surface area (Å²) in [6.07, 6.45) is 94.8. The number of esters is 3. The van der Waals surface area contributed by atoms with Gasteiger partial charge in [0.05, 0.1) is 0 Å². The topological polar surface area (TPSA) is 78.9 Å². The second-order valence-corrected chi connectivity index (χ2v) is 19.1. The largest absolute Gasteiger partial charge is 0.462 e. The lowest BCUT2D eigenvalue weighted by atomic mass is 10.1. The predicted molar refractivity (Wildman–Crippen MR) is 334 cm³/mol. The van der Waals surface area contributed by atoms with E-state index in [1.54, 1.807) is 0 Å². The van der Waals surface area contributed by atoms with Crippen LogP contribution >= 0.6 is 0 Å². The fourth-order valence-corrected chi connectivity index (χ4v) is 7.38. The number of ether oxygens (including phenoxy) is 3. The van der Waals surface area contributed by atoms with E-state index < -0.39 is 6.10 Å². The molecule has 0 radical (unpaired) electrons. The van der Waals surface area contributed by atoms with Crippen LogP contribution in [0.2, 0.25) is 0 Å². The maximum absolute atomic E-state index is 12.8. The van der Waals surface area contributed by atoms with Crippen molar-refractivity contribution in [3.05, 3.63) is 182 Å². The fraction of sp³-hybridized carbons (Fsp3) is 0.535. The van der Waals surface area contributed by atoms with Gasteiger partial charge >= 0.3 is 17.9 Å². The van der Waals surface area contributed by atoms with Crippen molar-refractivity contribution < 1.29 is 28.6 Å². The Labute approximate surface area is 472 Å². The van der Waals surface area contributed by atoms with Crippen molar-refractivity contribution in [1.29, 1.82) is 0 Å². The lowest BCUT2D eigenvalue weighted by Gasteiger charge is -2.18. The Balaban J connectivity index is 4.41. The molecule has 6 nitrogen and oxygen atoms in total. The first-order valence-electron chi connectivity index (χ1n) is 30.3. The predicted octanol–water partition coefficient (Wildman–Crippen LogP) is 20.9. The molecule has 0 spiro atoms. The average Bonchev–Trinajstić information content (AvgIpc) is 3.43. The second kappa shape index (κ2) is 63.0. The summed E-state index contributed by atoms with van der Waals surface area (Å²) in [5.41, 5.74) is 0. The number of unbranched alkanes of at least 4 members (excludes halogenated alkanes) is 11. The molecule has 428 valence electrons. The monoisotopic (exact) mass is 1060 g/mol. The highest BCUT2D eigenvalue weighted by Gasteiger charge is 2.19. The van der Waals surface area contributed by atoms with Crippen LogP contribution in [-0.2, 0) is 28.6 Å². The van der Waals surface area contributed by atoms with Crippen molar-refractivity contribution in [2.24, 2.45) is 0 Å². The zero-order valence-electron chi connectivity index (χ0n) is 48.9. The number of hydrogen-bond acceptors (Lipinski definition) is 6. The van der Waals surface area contributed by atoms with Gasteiger partial charge in [-0.05, 0) is 154 Å². The standard InChI is InChI=1S/C71H108O6/c1-4-7-10-13-16-19-22-24-26-27-28-29-30-31-32-33-34-35-36-37-38-39-40-41-42-43-45-46-49-52-55-58-61-64-70(73)76-67-68(66-75-69(72)63-60-57-54-51-48-21-18-15-12-9-6-3)77-71(74)65-62-59-56-53-50-47-44-25-23-20-17-14-11-8-5-2/h7-8,10-11,15-20,24-26,28-29,31-32,34-35,37-38,40-41,43-45,49-50,52-53,68H,4-6,9,12-14,21-23,27,30,33,36,39,42,46-48,51,54-67H2,1-3H3/b10-7-,11-8-,18-15-,19-16-,20-17-,26-24-,29-28-,32-31-,35-34-,38-37-,41-40-,44-25-,45-43-,52-49-,53-50-. The van der Waals surface area contributed by atoms with E-state index in [-0.39, 0.29) is 44.0 Å². The van der Waals surface area contributed by atoms with Crippen LogP contribution in [-0.4, -0.2) is 37.2 Å². The number of carbonyl (C=O) groups is 3. The van der Waals surface area contributed by atoms with Gasteiger partial charge in [0.25, 0.3) is 0 Å². The Kier molecular flexibility index (Phi) is 58.6. The molecule has 0 aliphatic rings. The first-order chi connectivity index (χ1) is 38.0. The van der Waals surface area contributed by atoms with E-state index in [1.165, 1.54) is 25.7 Å². The van der Waals surface area contributed by atoms with Gasteiger partial charge in [0.2, 0.25) is 0 Å². The summed E-state index contributed by atoms with van der Waals surface area (Å²) in [7, 11) is 0. The van der Waals surface area contributed by atoms with E-state index in [1.807, 2.05) is 0 Å². The van der Waals surface area contributed by atoms with E-state index >= 15 is 0 Å². The van der Waals surface area contributed by atoms with Crippen molar-refractivity contribution in [1.82, 2.24) is 0 Å². The Morgan fingerprint density at radius 2 is 0.506 bits per heavy atom. The summed E-state index contributed by atoms with van der Waals surface area (Å²) in [6, 6.07) is 0. The highest BCUT2D eigenvalue weighted by atomic mass is 16.6. The number of rotatable bonds is 52. The summed E-state index contributed by atoms with van der Waals surface area (Å²) >= 11 is 0. The van der Waals surface area contributed by atoms with Crippen LogP contribution in [0, 0.1) is 0 Å². The Bertz CT molecular complexity index is 1840. The highest BCUT2D eigenvalue weighted by molar-refractivity contribution is 5.71. The van der Waals surface area contributed by atoms with Crippen LogP contribution in [0.3, 0.4) is 0 Å². The molecular formula is C71H108O6. The van der Waals surface area contributed by atoms with Gasteiger partial charge in [-0.15, -0.1) is 0 Å². The van der Waals surface area contributed by atoms with Crippen molar-refractivity contribution in [3.63, 3.8) is 0 Å². The molecule has 0 aromatic rings. The lowest BCUT2D eigenvalue weighted by molar-refractivity contribution is -0.167. The summed E-state index contributed by atoms with van der Waals surface area (Å²) in [4.78, 5) is 38.1. The van der Waals surface area contributed by atoms with E-state index in [0.29, 0.717) is 19.3 Å². The smallest absolute Gasteiger partial charge is 0.306 e. The molecule has 0 aliphatic heterocycles. The van der Waals surface area contributed by atoms with Crippen LogP contribution in [0.1, 0.15) is 226 Å². The molecule has 0 amide bonds. The average molecular weight is 1060 g/mol. The molecule has 6 heteroatoms. The molecule has 0 heterocycles. The summed E-state index contributed by atoms with van der Waals surface area (Å²) < 4.78 is 16.7. The van der Waals surface area contributed by atoms with Crippen molar-refractivity contribution in [2.75, 3.05) is 13.2 Å². The zero-order valence-corrected chi connectivity index (χ0v) is 48.9. The van der Waals surface area contributed by atoms with Crippen molar-refractivity contribution >= 4 is 17.9 Å². The molecule has 0 N–H and O–H groups in total. The Morgan fingerprint density at radius 3 is 0.831 bits per heavy atom. The van der Waals surface area contributed by atoms with Gasteiger partial charge in [-0.25, -0.2) is 0 Å². The van der Waals surface area contributed by atoms with Gasteiger partial charge in [0.1, 0.15) is 13.2 Å². The number of carbonyl (C=O) groups excluding carboxylic acids is 3. The van der Waals surface area contributed by atoms with Gasteiger partial charge < -0.3 is 14.2 Å². The number of allylic oxidation sites excluding steroid dienone is 30. The Morgan fingerprint density at radius 1 is 0.273 bits per heavy atom. The zero-order chi connectivity index (χ0) is 55.7. The van der Waals surface area contributed by atoms with E-state index in [9.17, 15) is 14.4 Å². The van der Waals surface area contributed by atoms with Gasteiger partial charge in [-0.1, -0.05) is 235 Å². The second-order valence-electron chi connectivity index (χ2n) is 19.1. The van der Waals surface area contributed by atoms with Gasteiger partial charge in [0.15, 0.2) is 6.10 Å². The molecule has 0 aromatic carbocycles. The van der Waals surface area contributed by atoms with E-state index in [4.69, 9.17) is 14.2 Å². The molecule has 0 rings (SSSR count). The molecule has 0 fully saturated rings. The quantitative estimate of drug-likeness (QED) is 0.0261. The van der Waals surface area contributed by atoms with Crippen molar-refractivity contribution in [3.8, 4) is 0 Å². The third kappa shape index (κ3) is 61.2. The van der Waals surface area contributed by atoms with Crippen LogP contribution in [0.5, 0.6) is 0 Å². The molecule has 0 saturated carbocycles. The number of hydrogen-bond donors (Lipinski definition) is 0. The van der Waals surface area contributed by atoms with Crippen LogP contribution in [0.15, 0.2) is 182 Å². The Hall–Kier alpha value is -5.49. The third-order valence-electron chi connectivity index (χ3n) is 11.9.